The van der Waals surface area contributed by atoms with Gasteiger partial charge in [0.1, 0.15) is 6.10 Å². The summed E-state index contributed by atoms with van der Waals surface area (Å²) >= 11 is 0. The van der Waals surface area contributed by atoms with E-state index in [1.807, 2.05) is 0 Å². The fourth-order valence-corrected chi connectivity index (χ4v) is 3.31. The summed E-state index contributed by atoms with van der Waals surface area (Å²) in [6, 6.07) is 0. The number of carbonyl (C=O) groups is 2. The van der Waals surface area contributed by atoms with Crippen molar-refractivity contribution in [3.05, 3.63) is 0 Å². The van der Waals surface area contributed by atoms with Crippen LogP contribution in [0.15, 0.2) is 0 Å². The van der Waals surface area contributed by atoms with E-state index in [-0.39, 0.29) is 30.9 Å². The van der Waals surface area contributed by atoms with Crippen LogP contribution in [0.5, 0.6) is 0 Å². The Morgan fingerprint density at radius 2 is 1.14 bits per heavy atom. The van der Waals surface area contributed by atoms with E-state index in [0.717, 1.165) is 44.9 Å². The number of unbranched alkanes of at least 4 members (excludes halogenated alkanes) is 10. The lowest BCUT2D eigenvalue weighted by molar-refractivity contribution is -0.154. The molecule has 1 unspecified atom stereocenters. The minimum Gasteiger partial charge on any atom is -0.466 e. The molecule has 0 saturated heterocycles. The third kappa shape index (κ3) is 18.3. The molecule has 0 aliphatic heterocycles. The van der Waals surface area contributed by atoms with Crippen molar-refractivity contribution in [2.45, 2.75) is 136 Å². The maximum Gasteiger partial charge on any atom is 0.306 e. The van der Waals surface area contributed by atoms with Crippen LogP contribution >= 0.6 is 0 Å². The monoisotopic (exact) mass is 398 g/mol. The van der Waals surface area contributed by atoms with Crippen molar-refractivity contribution in [1.29, 1.82) is 0 Å². The van der Waals surface area contributed by atoms with E-state index in [1.54, 1.807) is 0 Å². The Morgan fingerprint density at radius 3 is 1.71 bits per heavy atom. The molecule has 0 amide bonds. The van der Waals surface area contributed by atoms with Crippen LogP contribution in [-0.4, -0.2) is 24.6 Å². The zero-order chi connectivity index (χ0) is 20.9. The molecule has 0 aromatic rings. The first-order valence-corrected chi connectivity index (χ1v) is 12.0. The molecule has 0 aliphatic rings. The highest BCUT2D eigenvalue weighted by Crippen LogP contribution is 2.13. The van der Waals surface area contributed by atoms with Crippen LogP contribution in [0.1, 0.15) is 130 Å². The van der Waals surface area contributed by atoms with Crippen LogP contribution in [0.2, 0.25) is 0 Å². The first-order chi connectivity index (χ1) is 13.6. The third-order valence-corrected chi connectivity index (χ3v) is 5.08. The molecule has 0 fully saturated rings. The molecule has 4 nitrogen and oxygen atoms in total. The van der Waals surface area contributed by atoms with Crippen LogP contribution in [0.4, 0.5) is 0 Å². The van der Waals surface area contributed by atoms with Gasteiger partial charge in [-0.2, -0.15) is 0 Å². The van der Waals surface area contributed by atoms with E-state index in [1.165, 1.54) is 51.4 Å². The van der Waals surface area contributed by atoms with Crippen molar-refractivity contribution in [3.63, 3.8) is 0 Å². The lowest BCUT2D eigenvalue weighted by Gasteiger charge is -2.16. The Labute approximate surface area is 174 Å². The standard InChI is InChI=1S/C24H46O4/c1-4-7-9-10-11-12-13-14-15-16-21-27-23(25)19-20-24(26)28-22(17-6-3)18-8-5-2/h22H,4-21H2,1-3H3. The van der Waals surface area contributed by atoms with Gasteiger partial charge in [-0.15, -0.1) is 0 Å². The van der Waals surface area contributed by atoms with E-state index in [9.17, 15) is 9.59 Å². The second kappa shape index (κ2) is 20.7. The molecule has 4 heteroatoms. The number of rotatable bonds is 20. The van der Waals surface area contributed by atoms with Gasteiger partial charge in [0.2, 0.25) is 0 Å². The predicted molar refractivity (Wildman–Crippen MR) is 116 cm³/mol. The van der Waals surface area contributed by atoms with Gasteiger partial charge in [-0.25, -0.2) is 0 Å². The molecule has 28 heavy (non-hydrogen) atoms. The summed E-state index contributed by atoms with van der Waals surface area (Å²) in [6.45, 7) is 6.95. The molecule has 0 saturated carbocycles. The van der Waals surface area contributed by atoms with E-state index in [2.05, 4.69) is 20.8 Å². The van der Waals surface area contributed by atoms with Crippen molar-refractivity contribution in [3.8, 4) is 0 Å². The number of carbonyl (C=O) groups excluding carboxylic acids is 2. The van der Waals surface area contributed by atoms with Gasteiger partial charge in [0, 0.05) is 0 Å². The minimum absolute atomic E-state index is 0.000107. The van der Waals surface area contributed by atoms with Crippen LogP contribution < -0.4 is 0 Å². The van der Waals surface area contributed by atoms with Crippen LogP contribution in [-0.2, 0) is 19.1 Å². The predicted octanol–water partition coefficient (Wildman–Crippen LogP) is 7.13. The molecule has 0 N–H and O–H groups in total. The average Bonchev–Trinajstić information content (AvgIpc) is 2.68. The molecular weight excluding hydrogens is 352 g/mol. The lowest BCUT2D eigenvalue weighted by atomic mass is 10.1. The number of ether oxygens (including phenoxy) is 2. The second-order valence-electron chi connectivity index (χ2n) is 7.95. The minimum atomic E-state index is -0.284. The molecule has 0 aromatic heterocycles. The average molecular weight is 399 g/mol. The summed E-state index contributed by atoms with van der Waals surface area (Å²) < 4.78 is 10.7. The highest BCUT2D eigenvalue weighted by atomic mass is 16.5. The highest BCUT2D eigenvalue weighted by molar-refractivity contribution is 5.77. The van der Waals surface area contributed by atoms with Crippen molar-refractivity contribution >= 4 is 11.9 Å². The zero-order valence-electron chi connectivity index (χ0n) is 18.9. The van der Waals surface area contributed by atoms with E-state index < -0.39 is 0 Å². The summed E-state index contributed by atoms with van der Waals surface area (Å²) in [4.78, 5) is 23.7. The molecule has 0 spiro atoms. The Bertz CT molecular complexity index is 368. The van der Waals surface area contributed by atoms with Gasteiger partial charge in [0.05, 0.1) is 19.4 Å². The third-order valence-electron chi connectivity index (χ3n) is 5.08. The molecule has 0 radical (unpaired) electrons. The van der Waals surface area contributed by atoms with Gasteiger partial charge in [-0.1, -0.05) is 97.8 Å². The van der Waals surface area contributed by atoms with E-state index in [4.69, 9.17) is 9.47 Å². The number of esters is 2. The smallest absolute Gasteiger partial charge is 0.306 e. The summed E-state index contributed by atoms with van der Waals surface area (Å²) in [5.41, 5.74) is 0. The molecule has 166 valence electrons. The highest BCUT2D eigenvalue weighted by Gasteiger charge is 2.15. The summed E-state index contributed by atoms with van der Waals surface area (Å²) in [5.74, 6) is -0.557. The quantitative estimate of drug-likeness (QED) is 0.162. The molecule has 0 aromatic carbocycles. The number of hydrogen-bond donors (Lipinski definition) is 0. The van der Waals surface area contributed by atoms with Crippen molar-refractivity contribution < 1.29 is 19.1 Å². The topological polar surface area (TPSA) is 52.6 Å². The van der Waals surface area contributed by atoms with E-state index >= 15 is 0 Å². The summed E-state index contributed by atoms with van der Waals surface area (Å²) in [7, 11) is 0. The van der Waals surface area contributed by atoms with Gasteiger partial charge in [0.15, 0.2) is 0 Å². The van der Waals surface area contributed by atoms with Gasteiger partial charge < -0.3 is 9.47 Å². The van der Waals surface area contributed by atoms with Crippen molar-refractivity contribution in [2.75, 3.05) is 6.61 Å². The van der Waals surface area contributed by atoms with Gasteiger partial charge in [-0.3, -0.25) is 9.59 Å². The molecule has 0 heterocycles. The van der Waals surface area contributed by atoms with Crippen LogP contribution in [0.3, 0.4) is 0 Å². The molecular formula is C24H46O4. The van der Waals surface area contributed by atoms with Gasteiger partial charge in [-0.05, 0) is 19.3 Å². The lowest BCUT2D eigenvalue weighted by Crippen LogP contribution is -2.19. The van der Waals surface area contributed by atoms with Gasteiger partial charge in [0.25, 0.3) is 0 Å². The second-order valence-corrected chi connectivity index (χ2v) is 7.95. The van der Waals surface area contributed by atoms with Crippen LogP contribution in [0, 0.1) is 0 Å². The Hall–Kier alpha value is -1.06. The largest absolute Gasteiger partial charge is 0.466 e. The Kier molecular flexibility index (Phi) is 19.9. The SMILES string of the molecule is CCCCCCCCCCCCOC(=O)CCC(=O)OC(CCC)CCCC. The fraction of sp³-hybridized carbons (Fsp3) is 0.917. The number of hydrogen-bond acceptors (Lipinski definition) is 4. The van der Waals surface area contributed by atoms with Crippen molar-refractivity contribution in [1.82, 2.24) is 0 Å². The van der Waals surface area contributed by atoms with E-state index in [0.29, 0.717) is 6.61 Å². The Morgan fingerprint density at radius 1 is 0.607 bits per heavy atom. The maximum atomic E-state index is 11.9. The summed E-state index contributed by atoms with van der Waals surface area (Å²) in [5, 5.41) is 0. The fourth-order valence-electron chi connectivity index (χ4n) is 3.31. The summed E-state index contributed by atoms with van der Waals surface area (Å²) in [6.07, 6.45) is 17.8. The molecule has 0 bridgehead atoms. The molecule has 0 aliphatic carbocycles. The maximum absolute atomic E-state index is 11.9. The normalized spacial score (nSPS) is 12.0. The van der Waals surface area contributed by atoms with Crippen LogP contribution in [0.25, 0.3) is 0 Å². The molecule has 0 rings (SSSR count). The Balaban J connectivity index is 3.56. The molecule has 1 atom stereocenters. The van der Waals surface area contributed by atoms with Gasteiger partial charge >= 0.3 is 11.9 Å². The zero-order valence-corrected chi connectivity index (χ0v) is 18.9. The first kappa shape index (κ1) is 26.9. The first-order valence-electron chi connectivity index (χ1n) is 12.0. The van der Waals surface area contributed by atoms with Crippen molar-refractivity contribution in [2.24, 2.45) is 0 Å².